The molecule has 0 aliphatic carbocycles. The minimum Gasteiger partial charge on any atom is -0.384 e. The first-order valence-corrected chi connectivity index (χ1v) is 9.49. The summed E-state index contributed by atoms with van der Waals surface area (Å²) in [5.74, 6) is 1.73. The quantitative estimate of drug-likeness (QED) is 0.705. The molecular formula is C20H23N5O3. The van der Waals surface area contributed by atoms with E-state index >= 15 is 0 Å². The zero-order chi connectivity index (χ0) is 19.3. The van der Waals surface area contributed by atoms with Crippen LogP contribution in [-0.2, 0) is 11.2 Å². The molecule has 1 amide bonds. The van der Waals surface area contributed by atoms with Gasteiger partial charge in [-0.05, 0) is 25.3 Å². The van der Waals surface area contributed by atoms with Crippen molar-refractivity contribution in [1.29, 1.82) is 0 Å². The lowest BCUT2D eigenvalue weighted by Crippen LogP contribution is -2.39. The van der Waals surface area contributed by atoms with Crippen molar-refractivity contribution in [2.75, 3.05) is 20.3 Å². The minimum absolute atomic E-state index is 0.0478. The van der Waals surface area contributed by atoms with Gasteiger partial charge in [-0.2, -0.15) is 4.98 Å². The largest absolute Gasteiger partial charge is 0.384 e. The van der Waals surface area contributed by atoms with Crippen LogP contribution in [0.3, 0.4) is 0 Å². The van der Waals surface area contributed by atoms with Crippen LogP contribution in [0.2, 0.25) is 0 Å². The maximum absolute atomic E-state index is 13.5. The fourth-order valence-electron chi connectivity index (χ4n) is 3.57. The molecule has 1 atom stereocenters. The van der Waals surface area contributed by atoms with Gasteiger partial charge < -0.3 is 19.1 Å². The predicted molar refractivity (Wildman–Crippen MR) is 102 cm³/mol. The number of rotatable bonds is 6. The molecule has 0 radical (unpaired) electrons. The number of imidazole rings is 1. The van der Waals surface area contributed by atoms with Crippen molar-refractivity contribution in [3.05, 3.63) is 53.9 Å². The van der Waals surface area contributed by atoms with E-state index in [1.165, 1.54) is 0 Å². The third-order valence-electron chi connectivity index (χ3n) is 4.97. The third kappa shape index (κ3) is 3.68. The maximum Gasteiger partial charge on any atom is 0.255 e. The van der Waals surface area contributed by atoms with Gasteiger partial charge in [-0.3, -0.25) is 4.79 Å². The number of methoxy groups -OCH3 is 1. The van der Waals surface area contributed by atoms with Crippen LogP contribution < -0.4 is 0 Å². The van der Waals surface area contributed by atoms with Gasteiger partial charge in [0.1, 0.15) is 11.9 Å². The molecule has 8 heteroatoms. The van der Waals surface area contributed by atoms with Gasteiger partial charge in [-0.25, -0.2) is 4.98 Å². The van der Waals surface area contributed by atoms with Gasteiger partial charge >= 0.3 is 0 Å². The number of piperidine rings is 1. The number of aromatic amines is 1. The van der Waals surface area contributed by atoms with Gasteiger partial charge in [0.15, 0.2) is 5.82 Å². The molecule has 146 valence electrons. The average molecular weight is 381 g/mol. The van der Waals surface area contributed by atoms with Gasteiger partial charge in [0.25, 0.3) is 5.91 Å². The third-order valence-corrected chi connectivity index (χ3v) is 4.97. The number of ether oxygens (including phenoxy) is 1. The van der Waals surface area contributed by atoms with Crippen LogP contribution in [0.5, 0.6) is 0 Å². The molecule has 0 spiro atoms. The summed E-state index contributed by atoms with van der Waals surface area (Å²) in [6, 6.07) is 7.30. The van der Waals surface area contributed by atoms with Gasteiger partial charge in [-0.15, -0.1) is 0 Å². The Kier molecular flexibility index (Phi) is 5.48. The molecular weight excluding hydrogens is 358 g/mol. The van der Waals surface area contributed by atoms with E-state index in [0.29, 0.717) is 42.7 Å². The number of aromatic nitrogens is 4. The fraction of sp³-hybridized carbons (Fsp3) is 0.400. The van der Waals surface area contributed by atoms with E-state index in [1.54, 1.807) is 19.5 Å². The second-order valence-electron chi connectivity index (χ2n) is 6.79. The van der Waals surface area contributed by atoms with Gasteiger partial charge in [0.05, 0.1) is 12.2 Å². The van der Waals surface area contributed by atoms with Gasteiger partial charge in [0, 0.05) is 38.0 Å². The molecule has 1 aliphatic heterocycles. The maximum atomic E-state index is 13.5. The number of hydrogen-bond donors (Lipinski definition) is 1. The number of benzene rings is 1. The molecule has 1 aromatic carbocycles. The Morgan fingerprint density at radius 2 is 2.25 bits per heavy atom. The number of carbonyl (C=O) groups excluding carboxylic acids is 1. The summed E-state index contributed by atoms with van der Waals surface area (Å²) in [6.45, 7) is 1.19. The standard InChI is InChI=1S/C20H23N5O3/c1-27-13-9-17-23-19(28-24-17)16-8-4-5-12-25(16)20(26)15-7-3-2-6-14(15)18-21-10-11-22-18/h2-3,6-7,10-11,16H,4-5,8-9,12-13H2,1H3,(H,21,22). The van der Waals surface area contributed by atoms with Gasteiger partial charge in [-0.1, -0.05) is 23.4 Å². The summed E-state index contributed by atoms with van der Waals surface area (Å²) < 4.78 is 10.6. The first-order valence-electron chi connectivity index (χ1n) is 9.49. The molecule has 28 heavy (non-hydrogen) atoms. The van der Waals surface area contributed by atoms with Crippen LogP contribution in [0.4, 0.5) is 0 Å². The van der Waals surface area contributed by atoms with Crippen LogP contribution in [0.15, 0.2) is 41.2 Å². The molecule has 0 bridgehead atoms. The first kappa shape index (κ1) is 18.4. The van der Waals surface area contributed by atoms with Crippen molar-refractivity contribution < 1.29 is 14.1 Å². The molecule has 3 heterocycles. The molecule has 1 fully saturated rings. The lowest BCUT2D eigenvalue weighted by Gasteiger charge is -2.33. The molecule has 1 saturated heterocycles. The fourth-order valence-corrected chi connectivity index (χ4v) is 3.57. The number of likely N-dealkylation sites (tertiary alicyclic amines) is 1. The molecule has 1 unspecified atom stereocenters. The highest BCUT2D eigenvalue weighted by atomic mass is 16.5. The van der Waals surface area contributed by atoms with Crippen LogP contribution >= 0.6 is 0 Å². The minimum atomic E-state index is -0.213. The van der Waals surface area contributed by atoms with E-state index in [2.05, 4.69) is 20.1 Å². The summed E-state index contributed by atoms with van der Waals surface area (Å²) in [5, 5.41) is 4.03. The van der Waals surface area contributed by atoms with E-state index in [0.717, 1.165) is 24.8 Å². The molecule has 3 aromatic rings. The molecule has 1 N–H and O–H groups in total. The second-order valence-corrected chi connectivity index (χ2v) is 6.79. The number of carbonyl (C=O) groups is 1. The van der Waals surface area contributed by atoms with E-state index < -0.39 is 0 Å². The normalized spacial score (nSPS) is 17.0. The van der Waals surface area contributed by atoms with Crippen molar-refractivity contribution >= 4 is 5.91 Å². The molecule has 4 rings (SSSR count). The van der Waals surface area contributed by atoms with Gasteiger partial charge in [0.2, 0.25) is 5.89 Å². The number of hydrogen-bond acceptors (Lipinski definition) is 6. The van der Waals surface area contributed by atoms with Crippen LogP contribution in [-0.4, -0.2) is 51.2 Å². The Morgan fingerprint density at radius 1 is 1.36 bits per heavy atom. The topological polar surface area (TPSA) is 97.1 Å². The summed E-state index contributed by atoms with van der Waals surface area (Å²) in [6.07, 6.45) is 6.79. The van der Waals surface area contributed by atoms with Crippen LogP contribution in [0, 0.1) is 0 Å². The van der Waals surface area contributed by atoms with Crippen molar-refractivity contribution in [2.45, 2.75) is 31.7 Å². The summed E-state index contributed by atoms with van der Waals surface area (Å²) in [7, 11) is 1.64. The molecule has 1 aliphatic rings. The predicted octanol–water partition coefficient (Wildman–Crippen LogP) is 3.02. The van der Waals surface area contributed by atoms with E-state index in [9.17, 15) is 4.79 Å². The Bertz CT molecular complexity index is 922. The van der Waals surface area contributed by atoms with E-state index in [-0.39, 0.29) is 11.9 Å². The lowest BCUT2D eigenvalue weighted by atomic mass is 9.98. The highest BCUT2D eigenvalue weighted by Gasteiger charge is 2.33. The summed E-state index contributed by atoms with van der Waals surface area (Å²) >= 11 is 0. The highest BCUT2D eigenvalue weighted by Crippen LogP contribution is 2.33. The van der Waals surface area contributed by atoms with E-state index in [1.807, 2.05) is 29.2 Å². The Morgan fingerprint density at radius 3 is 3.07 bits per heavy atom. The zero-order valence-corrected chi connectivity index (χ0v) is 15.8. The molecule has 2 aromatic heterocycles. The highest BCUT2D eigenvalue weighted by molar-refractivity contribution is 6.00. The second kappa shape index (κ2) is 8.35. The zero-order valence-electron chi connectivity index (χ0n) is 15.8. The monoisotopic (exact) mass is 381 g/mol. The Labute approximate surface area is 162 Å². The molecule has 8 nitrogen and oxygen atoms in total. The van der Waals surface area contributed by atoms with E-state index in [4.69, 9.17) is 9.26 Å². The number of nitrogens with zero attached hydrogens (tertiary/aromatic N) is 4. The van der Waals surface area contributed by atoms with Crippen molar-refractivity contribution in [3.63, 3.8) is 0 Å². The Hall–Kier alpha value is -3.00. The Balaban J connectivity index is 1.62. The SMILES string of the molecule is COCCc1noc(C2CCCCN2C(=O)c2ccccc2-c2ncc[nH]2)n1. The van der Waals surface area contributed by atoms with Crippen LogP contribution in [0.1, 0.15) is 47.4 Å². The number of amides is 1. The van der Waals surface area contributed by atoms with Crippen molar-refractivity contribution in [3.8, 4) is 11.4 Å². The summed E-state index contributed by atoms with van der Waals surface area (Å²) in [5.41, 5.74) is 1.40. The summed E-state index contributed by atoms with van der Waals surface area (Å²) in [4.78, 5) is 27.2. The average Bonchev–Trinajstić information content (AvgIpc) is 3.44. The van der Waals surface area contributed by atoms with Crippen molar-refractivity contribution in [2.24, 2.45) is 0 Å². The smallest absolute Gasteiger partial charge is 0.255 e. The molecule has 0 saturated carbocycles. The number of H-pyrrole nitrogens is 1. The number of nitrogens with one attached hydrogen (secondary N) is 1. The van der Waals surface area contributed by atoms with Crippen LogP contribution in [0.25, 0.3) is 11.4 Å². The first-order chi connectivity index (χ1) is 13.8. The van der Waals surface area contributed by atoms with Crippen molar-refractivity contribution in [1.82, 2.24) is 25.0 Å². The lowest BCUT2D eigenvalue weighted by molar-refractivity contribution is 0.0562.